The van der Waals surface area contributed by atoms with Crippen molar-refractivity contribution in [3.05, 3.63) is 23.5 Å². The van der Waals surface area contributed by atoms with E-state index in [1.165, 1.54) is 23.8 Å². The highest BCUT2D eigenvalue weighted by molar-refractivity contribution is 5.82. The highest BCUT2D eigenvalue weighted by atomic mass is 15.3. The first-order valence-corrected chi connectivity index (χ1v) is 6.22. The van der Waals surface area contributed by atoms with Crippen LogP contribution in [0.4, 0.5) is 0 Å². The van der Waals surface area contributed by atoms with Crippen LogP contribution >= 0.6 is 0 Å². The molecule has 2 unspecified atom stereocenters. The maximum atomic E-state index is 6.21. The first kappa shape index (κ1) is 10.7. The van der Waals surface area contributed by atoms with Crippen molar-refractivity contribution in [3.8, 4) is 0 Å². The molecular formula is C13H18N4. The number of hydrogen-bond acceptors (Lipinski definition) is 3. The van der Waals surface area contributed by atoms with Crippen molar-refractivity contribution in [1.82, 2.24) is 14.8 Å². The zero-order valence-corrected chi connectivity index (χ0v) is 10.3. The average molecular weight is 230 g/mol. The SMILES string of the molecule is Cc1nn(C)c2nccc(C3CCCC3N)c12. The van der Waals surface area contributed by atoms with E-state index in [2.05, 4.69) is 16.1 Å². The number of pyridine rings is 1. The Balaban J connectivity index is 2.22. The van der Waals surface area contributed by atoms with Crippen LogP contribution in [0.25, 0.3) is 11.0 Å². The Morgan fingerprint density at radius 2 is 2.24 bits per heavy atom. The Labute approximate surface area is 101 Å². The Morgan fingerprint density at radius 3 is 2.94 bits per heavy atom. The number of aromatic nitrogens is 3. The summed E-state index contributed by atoms with van der Waals surface area (Å²) in [6, 6.07) is 2.41. The minimum absolute atomic E-state index is 0.292. The highest BCUT2D eigenvalue weighted by Gasteiger charge is 2.28. The van der Waals surface area contributed by atoms with E-state index in [0.29, 0.717) is 12.0 Å². The first-order valence-electron chi connectivity index (χ1n) is 6.22. The molecule has 2 heterocycles. The molecule has 2 aromatic heterocycles. The zero-order chi connectivity index (χ0) is 12.0. The van der Waals surface area contributed by atoms with Crippen molar-refractivity contribution in [2.24, 2.45) is 12.8 Å². The molecule has 0 radical (unpaired) electrons. The van der Waals surface area contributed by atoms with Crippen molar-refractivity contribution >= 4 is 11.0 Å². The van der Waals surface area contributed by atoms with Gasteiger partial charge in [0, 0.05) is 24.7 Å². The van der Waals surface area contributed by atoms with Gasteiger partial charge >= 0.3 is 0 Å². The predicted molar refractivity (Wildman–Crippen MR) is 67.8 cm³/mol. The largest absolute Gasteiger partial charge is 0.327 e. The van der Waals surface area contributed by atoms with Gasteiger partial charge in [0.15, 0.2) is 5.65 Å². The molecule has 0 spiro atoms. The Kier molecular flexibility index (Phi) is 2.40. The molecule has 1 aliphatic rings. The molecule has 1 saturated carbocycles. The number of nitrogens with two attached hydrogens (primary N) is 1. The second-order valence-corrected chi connectivity index (χ2v) is 5.01. The molecule has 2 N–H and O–H groups in total. The summed E-state index contributed by atoms with van der Waals surface area (Å²) in [6.45, 7) is 2.05. The van der Waals surface area contributed by atoms with Crippen LogP contribution in [0.5, 0.6) is 0 Å². The van der Waals surface area contributed by atoms with E-state index in [9.17, 15) is 0 Å². The van der Waals surface area contributed by atoms with Crippen LogP contribution in [0.3, 0.4) is 0 Å². The average Bonchev–Trinajstić information content (AvgIpc) is 2.85. The fourth-order valence-corrected chi connectivity index (χ4v) is 3.09. The maximum Gasteiger partial charge on any atom is 0.158 e. The summed E-state index contributed by atoms with van der Waals surface area (Å²) in [5, 5.41) is 5.67. The zero-order valence-electron chi connectivity index (χ0n) is 10.3. The fourth-order valence-electron chi connectivity index (χ4n) is 3.09. The lowest BCUT2D eigenvalue weighted by Gasteiger charge is -2.16. The molecule has 90 valence electrons. The molecule has 0 saturated heterocycles. The summed E-state index contributed by atoms with van der Waals surface area (Å²) < 4.78 is 1.86. The number of fused-ring (bicyclic) bond motifs is 1. The van der Waals surface area contributed by atoms with Gasteiger partial charge in [0.05, 0.1) is 5.69 Å². The van der Waals surface area contributed by atoms with Crippen LogP contribution in [0.2, 0.25) is 0 Å². The van der Waals surface area contributed by atoms with Gasteiger partial charge < -0.3 is 5.73 Å². The first-order chi connectivity index (χ1) is 8.18. The summed E-state index contributed by atoms with van der Waals surface area (Å²) in [6.07, 6.45) is 5.43. The third-order valence-corrected chi connectivity index (χ3v) is 3.90. The molecular weight excluding hydrogens is 212 g/mol. The van der Waals surface area contributed by atoms with Crippen molar-refractivity contribution in [1.29, 1.82) is 0 Å². The minimum Gasteiger partial charge on any atom is -0.327 e. The molecule has 0 aromatic carbocycles. The second-order valence-electron chi connectivity index (χ2n) is 5.01. The second kappa shape index (κ2) is 3.81. The highest BCUT2D eigenvalue weighted by Crippen LogP contribution is 2.37. The van der Waals surface area contributed by atoms with Gasteiger partial charge in [-0.25, -0.2) is 4.98 Å². The van der Waals surface area contributed by atoms with Crippen molar-refractivity contribution in [2.75, 3.05) is 0 Å². The quantitative estimate of drug-likeness (QED) is 0.813. The third-order valence-electron chi connectivity index (χ3n) is 3.90. The van der Waals surface area contributed by atoms with E-state index >= 15 is 0 Å². The van der Waals surface area contributed by atoms with Gasteiger partial charge in [-0.15, -0.1) is 0 Å². The summed E-state index contributed by atoms with van der Waals surface area (Å²) in [5.74, 6) is 0.475. The molecule has 1 aliphatic carbocycles. The lowest BCUT2D eigenvalue weighted by Crippen LogP contribution is -2.22. The molecule has 2 atom stereocenters. The van der Waals surface area contributed by atoms with E-state index in [1.54, 1.807) is 0 Å². The maximum absolute atomic E-state index is 6.21. The third kappa shape index (κ3) is 1.55. The van der Waals surface area contributed by atoms with Gasteiger partial charge in [0.2, 0.25) is 0 Å². The van der Waals surface area contributed by atoms with Crippen LogP contribution in [0, 0.1) is 6.92 Å². The summed E-state index contributed by atoms with van der Waals surface area (Å²) in [4.78, 5) is 4.42. The summed E-state index contributed by atoms with van der Waals surface area (Å²) >= 11 is 0. The molecule has 0 aliphatic heterocycles. The molecule has 2 aromatic rings. The Hall–Kier alpha value is -1.42. The predicted octanol–water partition coefficient (Wildman–Crippen LogP) is 1.87. The Bertz CT molecular complexity index is 558. The topological polar surface area (TPSA) is 56.7 Å². The number of nitrogens with zero attached hydrogens (tertiary/aromatic N) is 3. The number of rotatable bonds is 1. The smallest absolute Gasteiger partial charge is 0.158 e. The van der Waals surface area contributed by atoms with Crippen LogP contribution in [0.1, 0.15) is 36.4 Å². The van der Waals surface area contributed by atoms with Crippen molar-refractivity contribution in [3.63, 3.8) is 0 Å². The molecule has 0 amide bonds. The van der Waals surface area contributed by atoms with Gasteiger partial charge in [0.1, 0.15) is 0 Å². The van der Waals surface area contributed by atoms with Crippen LogP contribution in [-0.2, 0) is 7.05 Å². The van der Waals surface area contributed by atoms with Gasteiger partial charge in [-0.3, -0.25) is 4.68 Å². The fraction of sp³-hybridized carbons (Fsp3) is 0.538. The van der Waals surface area contributed by atoms with E-state index < -0.39 is 0 Å². The van der Waals surface area contributed by atoms with Crippen molar-refractivity contribution < 1.29 is 0 Å². The normalized spacial score (nSPS) is 24.6. The van der Waals surface area contributed by atoms with E-state index in [4.69, 9.17) is 5.73 Å². The van der Waals surface area contributed by atoms with E-state index in [0.717, 1.165) is 17.8 Å². The molecule has 17 heavy (non-hydrogen) atoms. The lowest BCUT2D eigenvalue weighted by atomic mass is 9.92. The van der Waals surface area contributed by atoms with E-state index in [1.807, 2.05) is 24.9 Å². The van der Waals surface area contributed by atoms with Crippen LogP contribution in [-0.4, -0.2) is 20.8 Å². The number of aryl methyl sites for hydroxylation is 2. The van der Waals surface area contributed by atoms with Gasteiger partial charge in [0.25, 0.3) is 0 Å². The molecule has 0 bridgehead atoms. The monoisotopic (exact) mass is 230 g/mol. The standard InChI is InChI=1S/C13H18N4/c1-8-12-10(9-4-3-5-11(9)14)6-7-15-13(12)17(2)16-8/h6-7,9,11H,3-5,14H2,1-2H3. The summed E-state index contributed by atoms with van der Waals surface area (Å²) in [5.41, 5.74) is 9.58. The molecule has 3 rings (SSSR count). The van der Waals surface area contributed by atoms with Crippen molar-refractivity contribution in [2.45, 2.75) is 38.1 Å². The van der Waals surface area contributed by atoms with Crippen LogP contribution in [0.15, 0.2) is 12.3 Å². The minimum atomic E-state index is 0.292. The number of hydrogen-bond donors (Lipinski definition) is 1. The van der Waals surface area contributed by atoms with Crippen LogP contribution < -0.4 is 5.73 Å². The van der Waals surface area contributed by atoms with Gasteiger partial charge in [-0.05, 0) is 37.3 Å². The lowest BCUT2D eigenvalue weighted by molar-refractivity contribution is 0.616. The molecule has 4 heteroatoms. The molecule has 4 nitrogen and oxygen atoms in total. The Morgan fingerprint density at radius 1 is 1.41 bits per heavy atom. The van der Waals surface area contributed by atoms with Gasteiger partial charge in [-0.2, -0.15) is 5.10 Å². The van der Waals surface area contributed by atoms with Gasteiger partial charge in [-0.1, -0.05) is 6.42 Å². The summed E-state index contributed by atoms with van der Waals surface area (Å²) in [7, 11) is 1.95. The molecule has 1 fully saturated rings. The van der Waals surface area contributed by atoms with E-state index in [-0.39, 0.29) is 0 Å².